The van der Waals surface area contributed by atoms with Crippen molar-refractivity contribution in [3.8, 4) is 0 Å². The zero-order chi connectivity index (χ0) is 58.5. The second-order valence-electron chi connectivity index (χ2n) is 22.3. The van der Waals surface area contributed by atoms with Gasteiger partial charge < -0.3 is 14.2 Å². The highest BCUT2D eigenvalue weighted by molar-refractivity contribution is 5.71. The maximum Gasteiger partial charge on any atom is 0.306 e. The molecule has 0 bridgehead atoms. The number of ether oxygens (including phenoxy) is 3. The number of carbonyl (C=O) groups excluding carboxylic acids is 3. The third-order valence-electron chi connectivity index (χ3n) is 14.4. The lowest BCUT2D eigenvalue weighted by Gasteiger charge is -2.18. The van der Waals surface area contributed by atoms with Crippen molar-refractivity contribution in [2.24, 2.45) is 0 Å². The van der Waals surface area contributed by atoms with E-state index in [1.165, 1.54) is 161 Å². The van der Waals surface area contributed by atoms with Gasteiger partial charge in [-0.1, -0.05) is 296 Å². The van der Waals surface area contributed by atoms with Crippen LogP contribution in [0.3, 0.4) is 0 Å². The summed E-state index contributed by atoms with van der Waals surface area (Å²) in [5.74, 6) is -0.966. The van der Waals surface area contributed by atoms with Crippen LogP contribution in [0.1, 0.15) is 316 Å². The van der Waals surface area contributed by atoms with Gasteiger partial charge in [-0.3, -0.25) is 14.4 Å². The van der Waals surface area contributed by atoms with Gasteiger partial charge in [-0.05, 0) is 122 Å². The highest BCUT2D eigenvalue weighted by Gasteiger charge is 2.19. The highest BCUT2D eigenvalue weighted by Crippen LogP contribution is 2.17. The third-order valence-corrected chi connectivity index (χ3v) is 14.4. The molecule has 0 rings (SSSR count). The van der Waals surface area contributed by atoms with E-state index >= 15 is 0 Å². The van der Waals surface area contributed by atoms with Gasteiger partial charge in [-0.15, -0.1) is 0 Å². The molecule has 0 saturated carbocycles. The van der Waals surface area contributed by atoms with Gasteiger partial charge >= 0.3 is 17.9 Å². The number of hydrogen-bond acceptors (Lipinski definition) is 6. The summed E-state index contributed by atoms with van der Waals surface area (Å²) < 4.78 is 16.9. The van der Waals surface area contributed by atoms with Crippen molar-refractivity contribution in [1.29, 1.82) is 0 Å². The Balaban J connectivity index is 4.33. The Bertz CT molecular complexity index is 1670. The summed E-state index contributed by atoms with van der Waals surface area (Å²) in [7, 11) is 0. The van der Waals surface area contributed by atoms with Crippen molar-refractivity contribution in [2.75, 3.05) is 13.2 Å². The van der Waals surface area contributed by atoms with E-state index in [0.29, 0.717) is 19.3 Å². The average Bonchev–Trinajstić information content (AvgIpc) is 3.47. The molecule has 0 aromatic carbocycles. The topological polar surface area (TPSA) is 78.9 Å². The van der Waals surface area contributed by atoms with Crippen LogP contribution in [0.5, 0.6) is 0 Å². The number of allylic oxidation sites excluding steroid dienone is 20. The normalized spacial score (nSPS) is 12.9. The monoisotopic (exact) mass is 1120 g/mol. The fraction of sp³-hybridized carbons (Fsp3) is 0.693. The quantitative estimate of drug-likeness (QED) is 0.0261. The van der Waals surface area contributed by atoms with Gasteiger partial charge in [0.1, 0.15) is 13.2 Å². The van der Waals surface area contributed by atoms with Crippen molar-refractivity contribution in [3.63, 3.8) is 0 Å². The summed E-state index contributed by atoms with van der Waals surface area (Å²) in [6.07, 6.45) is 95.2. The Morgan fingerprint density at radius 1 is 0.259 bits per heavy atom. The fourth-order valence-electron chi connectivity index (χ4n) is 9.41. The minimum Gasteiger partial charge on any atom is -0.462 e. The van der Waals surface area contributed by atoms with E-state index in [1.54, 1.807) is 0 Å². The van der Waals surface area contributed by atoms with E-state index in [9.17, 15) is 14.4 Å². The molecule has 6 heteroatoms. The van der Waals surface area contributed by atoms with Gasteiger partial charge in [0.2, 0.25) is 0 Å². The largest absolute Gasteiger partial charge is 0.462 e. The molecule has 462 valence electrons. The molecular weight excluding hydrogens is 997 g/mol. The lowest BCUT2D eigenvalue weighted by atomic mass is 10.0. The lowest BCUT2D eigenvalue weighted by molar-refractivity contribution is -0.167. The standard InChI is InChI=1S/C75H126O6/c1-4-7-10-13-16-19-22-25-28-31-32-33-34-35-36-37-38-39-40-41-42-45-47-50-53-56-59-62-65-68-74(77)80-71-72(81-75(78)69-66-63-60-57-54-51-48-44-30-27-24-21-18-15-12-9-6-3)70-79-73(76)67-64-61-58-55-52-49-46-43-29-26-23-20-17-14-11-8-5-2/h8-9,11-12,17-18,20-22,25-27,29-32,48,51,57,60,72H,4-7,10,13-16,19,23-24,28,33-47,49-50,52-56,58-59,61-71H2,1-3H3/b11-8-,12-9-,20-17-,21-18-,25-22-,29-26-,30-27-,32-31-,51-48-,60-57-. The molecule has 0 aliphatic carbocycles. The van der Waals surface area contributed by atoms with Crippen molar-refractivity contribution >= 4 is 17.9 Å². The van der Waals surface area contributed by atoms with E-state index in [2.05, 4.69) is 142 Å². The minimum atomic E-state index is -0.816. The Morgan fingerprint density at radius 2 is 0.494 bits per heavy atom. The summed E-state index contributed by atoms with van der Waals surface area (Å²) in [6, 6.07) is 0. The van der Waals surface area contributed by atoms with Crippen LogP contribution < -0.4 is 0 Å². The zero-order valence-corrected chi connectivity index (χ0v) is 53.0. The number of rotatable bonds is 61. The van der Waals surface area contributed by atoms with Crippen molar-refractivity contribution in [3.05, 3.63) is 122 Å². The molecule has 0 radical (unpaired) electrons. The van der Waals surface area contributed by atoms with Crippen LogP contribution in [0.2, 0.25) is 0 Å². The van der Waals surface area contributed by atoms with E-state index < -0.39 is 6.10 Å². The van der Waals surface area contributed by atoms with Crippen LogP contribution in [-0.2, 0) is 28.6 Å². The Labute approximate surface area is 501 Å². The van der Waals surface area contributed by atoms with Crippen LogP contribution in [0, 0.1) is 0 Å². The van der Waals surface area contributed by atoms with Gasteiger partial charge in [0.15, 0.2) is 6.10 Å². The molecule has 0 spiro atoms. The molecule has 0 heterocycles. The lowest BCUT2D eigenvalue weighted by Crippen LogP contribution is -2.30. The maximum absolute atomic E-state index is 12.9. The predicted molar refractivity (Wildman–Crippen MR) is 353 cm³/mol. The van der Waals surface area contributed by atoms with Crippen molar-refractivity contribution in [1.82, 2.24) is 0 Å². The Morgan fingerprint density at radius 3 is 0.790 bits per heavy atom. The van der Waals surface area contributed by atoms with Gasteiger partial charge in [-0.2, -0.15) is 0 Å². The van der Waals surface area contributed by atoms with Gasteiger partial charge in [0.05, 0.1) is 0 Å². The molecule has 1 unspecified atom stereocenters. The first kappa shape index (κ1) is 76.8. The van der Waals surface area contributed by atoms with Crippen molar-refractivity contribution < 1.29 is 28.6 Å². The summed E-state index contributed by atoms with van der Waals surface area (Å²) in [5.41, 5.74) is 0. The number of hydrogen-bond donors (Lipinski definition) is 0. The smallest absolute Gasteiger partial charge is 0.306 e. The molecule has 1 atom stereocenters. The van der Waals surface area contributed by atoms with Crippen LogP contribution >= 0.6 is 0 Å². The molecule has 0 fully saturated rings. The summed E-state index contributed by atoms with van der Waals surface area (Å²) in [6.45, 7) is 6.38. The maximum atomic E-state index is 12.9. The second-order valence-corrected chi connectivity index (χ2v) is 22.3. The molecule has 0 aromatic rings. The molecule has 0 N–H and O–H groups in total. The van der Waals surface area contributed by atoms with Crippen LogP contribution in [0.4, 0.5) is 0 Å². The van der Waals surface area contributed by atoms with E-state index in [-0.39, 0.29) is 37.5 Å². The summed E-state index contributed by atoms with van der Waals surface area (Å²) in [5, 5.41) is 0. The number of carbonyl (C=O) groups is 3. The summed E-state index contributed by atoms with van der Waals surface area (Å²) in [4.78, 5) is 38.4. The van der Waals surface area contributed by atoms with Crippen LogP contribution in [-0.4, -0.2) is 37.2 Å². The molecule has 0 aromatic heterocycles. The number of esters is 3. The Kier molecular flexibility index (Phi) is 64.8. The van der Waals surface area contributed by atoms with Crippen molar-refractivity contribution in [2.45, 2.75) is 322 Å². The van der Waals surface area contributed by atoms with E-state index in [1.807, 2.05) is 0 Å². The first-order valence-electron chi connectivity index (χ1n) is 34.0. The van der Waals surface area contributed by atoms with Crippen LogP contribution in [0.25, 0.3) is 0 Å². The molecule has 0 amide bonds. The number of unbranched alkanes of at least 4 members (excludes halogenated alkanes) is 30. The molecule has 0 aliphatic heterocycles. The average molecular weight is 1120 g/mol. The van der Waals surface area contributed by atoms with Gasteiger partial charge in [-0.25, -0.2) is 0 Å². The van der Waals surface area contributed by atoms with E-state index in [0.717, 1.165) is 109 Å². The fourth-order valence-corrected chi connectivity index (χ4v) is 9.41. The molecule has 81 heavy (non-hydrogen) atoms. The first-order chi connectivity index (χ1) is 40.0. The highest BCUT2D eigenvalue weighted by atomic mass is 16.6. The van der Waals surface area contributed by atoms with Gasteiger partial charge in [0.25, 0.3) is 0 Å². The molecule has 6 nitrogen and oxygen atoms in total. The SMILES string of the molecule is CC/C=C\C/C=C\C/C=C\C/C=C\C/C=C\CCCC(=O)OC(COC(=O)CCCCCCCCC/C=C\C/C=C\C/C=C\CC)COC(=O)CCCCCCCCCCCCCCCCCCC/C=C\C/C=C\CCCCCCC. The Hall–Kier alpha value is -4.19. The predicted octanol–water partition coefficient (Wildman–Crippen LogP) is 23.6. The van der Waals surface area contributed by atoms with Gasteiger partial charge in [0, 0.05) is 19.3 Å². The summed E-state index contributed by atoms with van der Waals surface area (Å²) >= 11 is 0. The first-order valence-corrected chi connectivity index (χ1v) is 34.0. The van der Waals surface area contributed by atoms with E-state index in [4.69, 9.17) is 14.2 Å². The molecule has 0 aliphatic rings. The second kappa shape index (κ2) is 68.3. The third kappa shape index (κ3) is 66.5. The zero-order valence-electron chi connectivity index (χ0n) is 53.0. The molecular formula is C75H126O6. The molecule has 0 saturated heterocycles. The minimum absolute atomic E-state index is 0.104. The van der Waals surface area contributed by atoms with Crippen LogP contribution in [0.15, 0.2) is 122 Å².